The van der Waals surface area contributed by atoms with Crippen LogP contribution in [0, 0.1) is 11.8 Å². The maximum atomic E-state index is 11.7. The van der Waals surface area contributed by atoms with E-state index in [1.54, 1.807) is 0 Å². The van der Waals surface area contributed by atoms with E-state index in [1.165, 1.54) is 12.8 Å². The zero-order valence-corrected chi connectivity index (χ0v) is 11.7. The summed E-state index contributed by atoms with van der Waals surface area (Å²) in [5.41, 5.74) is 0. The number of hydrogen-bond donors (Lipinski definition) is 1. The largest absolute Gasteiger partial charge is 0.353 e. The molecule has 3 unspecified atom stereocenters. The Bertz CT molecular complexity index is 191. The minimum absolute atomic E-state index is 0.151. The normalized spacial score (nSPS) is 16.6. The van der Waals surface area contributed by atoms with Gasteiger partial charge in [-0.1, -0.05) is 41.0 Å². The molecule has 0 aromatic heterocycles. The van der Waals surface area contributed by atoms with E-state index in [4.69, 9.17) is 0 Å². The van der Waals surface area contributed by atoms with Crippen LogP contribution >= 0.6 is 0 Å². The van der Waals surface area contributed by atoms with Gasteiger partial charge in [0.2, 0.25) is 5.91 Å². The van der Waals surface area contributed by atoms with Crippen LogP contribution in [-0.2, 0) is 4.79 Å². The molecule has 0 rings (SSSR count). The molecule has 16 heavy (non-hydrogen) atoms. The fourth-order valence-corrected chi connectivity index (χ4v) is 1.60. The van der Waals surface area contributed by atoms with Crippen molar-refractivity contribution in [3.63, 3.8) is 0 Å². The summed E-state index contributed by atoms with van der Waals surface area (Å²) in [5.74, 6) is 1.14. The average Bonchev–Trinajstić information content (AvgIpc) is 2.32. The van der Waals surface area contributed by atoms with Gasteiger partial charge in [-0.15, -0.1) is 0 Å². The third-order valence-corrected chi connectivity index (χ3v) is 3.60. The Morgan fingerprint density at radius 1 is 1.00 bits per heavy atom. The molecule has 0 aliphatic carbocycles. The molecule has 2 nitrogen and oxygen atoms in total. The number of carbonyl (C=O) groups is 1. The second kappa shape index (κ2) is 8.60. The van der Waals surface area contributed by atoms with Crippen molar-refractivity contribution in [2.75, 3.05) is 0 Å². The monoisotopic (exact) mass is 227 g/mol. The topological polar surface area (TPSA) is 29.1 Å². The van der Waals surface area contributed by atoms with E-state index < -0.39 is 0 Å². The summed E-state index contributed by atoms with van der Waals surface area (Å²) in [7, 11) is 0. The third-order valence-electron chi connectivity index (χ3n) is 3.60. The van der Waals surface area contributed by atoms with Gasteiger partial charge in [0, 0.05) is 12.0 Å². The van der Waals surface area contributed by atoms with E-state index in [9.17, 15) is 4.79 Å². The predicted octanol–water partition coefficient (Wildman–Crippen LogP) is 3.75. The lowest BCUT2D eigenvalue weighted by molar-refractivity contribution is -0.125. The maximum absolute atomic E-state index is 11.7. The molecule has 2 heteroatoms. The highest BCUT2D eigenvalue weighted by molar-refractivity contribution is 5.78. The highest BCUT2D eigenvalue weighted by Crippen LogP contribution is 2.13. The van der Waals surface area contributed by atoms with Gasteiger partial charge in [-0.2, -0.15) is 0 Å². The van der Waals surface area contributed by atoms with Gasteiger partial charge >= 0.3 is 0 Å². The van der Waals surface area contributed by atoms with Crippen molar-refractivity contribution in [1.29, 1.82) is 0 Å². The van der Waals surface area contributed by atoms with Crippen molar-refractivity contribution in [2.45, 2.75) is 72.8 Å². The first-order valence-corrected chi connectivity index (χ1v) is 6.85. The lowest BCUT2D eigenvalue weighted by Crippen LogP contribution is -2.37. The quantitative estimate of drug-likeness (QED) is 0.672. The smallest absolute Gasteiger partial charge is 0.223 e. The minimum atomic E-state index is 0.151. The molecule has 0 spiro atoms. The molecule has 0 fully saturated rings. The average molecular weight is 227 g/mol. The highest BCUT2D eigenvalue weighted by atomic mass is 16.1. The Morgan fingerprint density at radius 3 is 2.06 bits per heavy atom. The maximum Gasteiger partial charge on any atom is 0.223 e. The van der Waals surface area contributed by atoms with Crippen LogP contribution in [0.5, 0.6) is 0 Å². The van der Waals surface area contributed by atoms with Crippen LogP contribution in [0.3, 0.4) is 0 Å². The van der Waals surface area contributed by atoms with E-state index in [2.05, 4.69) is 33.0 Å². The number of carbonyl (C=O) groups excluding carboxylic acids is 1. The molecule has 0 aliphatic rings. The molecular formula is C14H29NO. The summed E-state index contributed by atoms with van der Waals surface area (Å²) in [6, 6.07) is 0.371. The van der Waals surface area contributed by atoms with Crippen LogP contribution in [0.15, 0.2) is 0 Å². The van der Waals surface area contributed by atoms with Gasteiger partial charge in [0.1, 0.15) is 0 Å². The van der Waals surface area contributed by atoms with Crippen molar-refractivity contribution >= 4 is 5.91 Å². The second-order valence-corrected chi connectivity index (χ2v) is 5.01. The fraction of sp³-hybridized carbons (Fsp3) is 0.929. The summed E-state index contributed by atoms with van der Waals surface area (Å²) < 4.78 is 0. The molecule has 0 saturated heterocycles. The Labute approximate surface area is 101 Å². The molecule has 96 valence electrons. The number of rotatable bonds is 8. The molecule has 1 N–H and O–H groups in total. The molecular weight excluding hydrogens is 198 g/mol. The molecule has 0 bridgehead atoms. The molecule has 0 aliphatic heterocycles. The molecule has 0 aromatic carbocycles. The van der Waals surface area contributed by atoms with Gasteiger partial charge in [-0.05, 0) is 31.6 Å². The fourth-order valence-electron chi connectivity index (χ4n) is 1.60. The molecule has 0 saturated carbocycles. The number of hydrogen-bond acceptors (Lipinski definition) is 1. The first-order valence-electron chi connectivity index (χ1n) is 6.85. The van der Waals surface area contributed by atoms with Crippen LogP contribution in [0.2, 0.25) is 0 Å². The molecule has 1 amide bonds. The van der Waals surface area contributed by atoms with E-state index in [-0.39, 0.29) is 11.8 Å². The van der Waals surface area contributed by atoms with E-state index in [0.717, 1.165) is 25.2 Å². The first kappa shape index (κ1) is 15.5. The summed E-state index contributed by atoms with van der Waals surface area (Å²) in [4.78, 5) is 11.7. The number of nitrogens with one attached hydrogen (secondary N) is 1. The van der Waals surface area contributed by atoms with Gasteiger partial charge in [0.25, 0.3) is 0 Å². The van der Waals surface area contributed by atoms with Gasteiger partial charge < -0.3 is 5.32 Å². The molecule has 0 heterocycles. The van der Waals surface area contributed by atoms with E-state index in [0.29, 0.717) is 6.04 Å². The van der Waals surface area contributed by atoms with Crippen molar-refractivity contribution in [3.05, 3.63) is 0 Å². The SMILES string of the molecule is CCC(C)CCC(CC)NC(=O)C(C)CC. The van der Waals surface area contributed by atoms with Gasteiger partial charge in [0.05, 0.1) is 0 Å². The van der Waals surface area contributed by atoms with Crippen LogP contribution in [-0.4, -0.2) is 11.9 Å². The first-order chi connectivity index (χ1) is 7.54. The minimum Gasteiger partial charge on any atom is -0.353 e. The Kier molecular flexibility index (Phi) is 8.32. The third kappa shape index (κ3) is 6.14. The van der Waals surface area contributed by atoms with Crippen molar-refractivity contribution < 1.29 is 4.79 Å². The van der Waals surface area contributed by atoms with Crippen molar-refractivity contribution in [3.8, 4) is 0 Å². The van der Waals surface area contributed by atoms with Crippen LogP contribution in [0.4, 0.5) is 0 Å². The van der Waals surface area contributed by atoms with Crippen molar-refractivity contribution in [2.24, 2.45) is 11.8 Å². The van der Waals surface area contributed by atoms with Crippen LogP contribution in [0.1, 0.15) is 66.7 Å². The van der Waals surface area contributed by atoms with Crippen LogP contribution < -0.4 is 5.32 Å². The summed E-state index contributed by atoms with van der Waals surface area (Å²) in [5, 5.41) is 3.16. The van der Waals surface area contributed by atoms with Gasteiger partial charge in [0.15, 0.2) is 0 Å². The molecule has 0 aromatic rings. The van der Waals surface area contributed by atoms with Gasteiger partial charge in [-0.25, -0.2) is 0 Å². The predicted molar refractivity (Wildman–Crippen MR) is 70.4 cm³/mol. The zero-order valence-electron chi connectivity index (χ0n) is 11.7. The Balaban J connectivity index is 3.95. The lowest BCUT2D eigenvalue weighted by atomic mass is 9.97. The second-order valence-electron chi connectivity index (χ2n) is 5.01. The summed E-state index contributed by atoms with van der Waals surface area (Å²) in [6.45, 7) is 10.7. The molecule has 3 atom stereocenters. The summed E-state index contributed by atoms with van der Waals surface area (Å²) in [6.07, 6.45) is 5.53. The summed E-state index contributed by atoms with van der Waals surface area (Å²) >= 11 is 0. The lowest BCUT2D eigenvalue weighted by Gasteiger charge is -2.20. The van der Waals surface area contributed by atoms with Crippen LogP contribution in [0.25, 0.3) is 0 Å². The van der Waals surface area contributed by atoms with E-state index in [1.807, 2.05) is 6.92 Å². The van der Waals surface area contributed by atoms with Crippen molar-refractivity contribution in [1.82, 2.24) is 5.32 Å². The molecule has 0 radical (unpaired) electrons. The Morgan fingerprint density at radius 2 is 1.62 bits per heavy atom. The highest BCUT2D eigenvalue weighted by Gasteiger charge is 2.15. The standard InChI is InChI=1S/C14H29NO/c1-6-11(4)9-10-13(8-3)15-14(16)12(5)7-2/h11-13H,6-10H2,1-5H3,(H,15,16). The zero-order chi connectivity index (χ0) is 12.6. The Hall–Kier alpha value is -0.530. The number of amides is 1. The van der Waals surface area contributed by atoms with Gasteiger partial charge in [-0.3, -0.25) is 4.79 Å². The van der Waals surface area contributed by atoms with E-state index >= 15 is 0 Å².